The molecule has 0 saturated carbocycles. The fourth-order valence-electron chi connectivity index (χ4n) is 3.45. The molecule has 2 atom stereocenters. The number of rotatable bonds is 7. The summed E-state index contributed by atoms with van der Waals surface area (Å²) in [7, 11) is 0. The molecule has 1 saturated heterocycles. The molecule has 1 amide bonds. The molecule has 4 heteroatoms. The summed E-state index contributed by atoms with van der Waals surface area (Å²) in [4.78, 5) is 14.4. The van der Waals surface area contributed by atoms with Crippen LogP contribution in [-0.2, 0) is 4.79 Å². The van der Waals surface area contributed by atoms with Crippen molar-refractivity contribution in [2.24, 2.45) is 11.1 Å². The first-order chi connectivity index (χ1) is 9.62. The van der Waals surface area contributed by atoms with Crippen LogP contribution >= 0.6 is 0 Å². The van der Waals surface area contributed by atoms with E-state index in [2.05, 4.69) is 44.8 Å². The van der Waals surface area contributed by atoms with Crippen LogP contribution in [0, 0.1) is 5.41 Å². The van der Waals surface area contributed by atoms with Crippen molar-refractivity contribution in [1.29, 1.82) is 0 Å². The Morgan fingerprint density at radius 2 is 1.86 bits per heavy atom. The molecular formula is C17H35N3O. The van der Waals surface area contributed by atoms with Gasteiger partial charge in [0.05, 0.1) is 5.54 Å². The normalized spacial score (nSPS) is 23.8. The first kappa shape index (κ1) is 18.4. The molecule has 0 aromatic rings. The lowest BCUT2D eigenvalue weighted by Gasteiger charge is -2.43. The number of hydrogen-bond acceptors (Lipinski definition) is 3. The van der Waals surface area contributed by atoms with Crippen LogP contribution in [0.5, 0.6) is 0 Å². The highest BCUT2D eigenvalue weighted by atomic mass is 16.1. The Bertz CT molecular complexity index is 348. The minimum Gasteiger partial charge on any atom is -0.368 e. The number of nitrogens with zero attached hydrogens (tertiary/aromatic N) is 1. The lowest BCUT2D eigenvalue weighted by atomic mass is 9.77. The maximum atomic E-state index is 11.9. The van der Waals surface area contributed by atoms with Gasteiger partial charge in [-0.3, -0.25) is 4.79 Å². The van der Waals surface area contributed by atoms with Crippen molar-refractivity contribution < 1.29 is 4.79 Å². The Hall–Kier alpha value is -0.610. The molecule has 0 aromatic heterocycles. The lowest BCUT2D eigenvalue weighted by molar-refractivity contribution is -0.125. The van der Waals surface area contributed by atoms with E-state index in [1.165, 1.54) is 19.3 Å². The van der Waals surface area contributed by atoms with E-state index in [0.29, 0.717) is 11.5 Å². The Labute approximate surface area is 130 Å². The molecule has 124 valence electrons. The van der Waals surface area contributed by atoms with Crippen molar-refractivity contribution in [3.63, 3.8) is 0 Å². The molecule has 1 aliphatic heterocycles. The highest BCUT2D eigenvalue weighted by molar-refractivity contribution is 5.84. The molecule has 1 aliphatic rings. The van der Waals surface area contributed by atoms with E-state index < -0.39 is 5.54 Å². The topological polar surface area (TPSA) is 58.4 Å². The van der Waals surface area contributed by atoms with Gasteiger partial charge in [0.15, 0.2) is 0 Å². The Balaban J connectivity index is 2.63. The summed E-state index contributed by atoms with van der Waals surface area (Å²) < 4.78 is 0. The zero-order valence-electron chi connectivity index (χ0n) is 14.8. The smallest absolute Gasteiger partial charge is 0.237 e. The molecule has 0 spiro atoms. The van der Waals surface area contributed by atoms with Crippen LogP contribution in [0.4, 0.5) is 0 Å². The fraction of sp³-hybridized carbons (Fsp3) is 0.941. The van der Waals surface area contributed by atoms with Crippen LogP contribution in [0.25, 0.3) is 0 Å². The van der Waals surface area contributed by atoms with Crippen LogP contribution in [0.15, 0.2) is 0 Å². The van der Waals surface area contributed by atoms with Crippen LogP contribution in [0.3, 0.4) is 0 Å². The SMILES string of the molecule is CCC1(C)CCN(C(C)CC(C)(NC(C)C)C(N)=O)CC1. The van der Waals surface area contributed by atoms with Gasteiger partial charge in [-0.1, -0.05) is 20.3 Å². The maximum Gasteiger partial charge on any atom is 0.237 e. The molecule has 4 nitrogen and oxygen atoms in total. The second-order valence-electron chi connectivity index (χ2n) is 7.75. The van der Waals surface area contributed by atoms with Gasteiger partial charge in [0.25, 0.3) is 0 Å². The Kier molecular flexibility index (Phi) is 6.23. The second kappa shape index (κ2) is 7.10. The molecule has 1 heterocycles. The fourth-order valence-corrected chi connectivity index (χ4v) is 3.45. The van der Waals surface area contributed by atoms with Crippen molar-refractivity contribution in [2.75, 3.05) is 13.1 Å². The average Bonchev–Trinajstić information content (AvgIpc) is 2.38. The van der Waals surface area contributed by atoms with Gasteiger partial charge in [0.2, 0.25) is 5.91 Å². The minimum atomic E-state index is -0.626. The summed E-state index contributed by atoms with van der Waals surface area (Å²) >= 11 is 0. The molecule has 0 aliphatic carbocycles. The third kappa shape index (κ3) is 4.96. The van der Waals surface area contributed by atoms with Gasteiger partial charge < -0.3 is 16.0 Å². The van der Waals surface area contributed by atoms with Crippen molar-refractivity contribution in [3.05, 3.63) is 0 Å². The molecule has 0 radical (unpaired) electrons. The van der Waals surface area contributed by atoms with Crippen LogP contribution in [0.1, 0.15) is 67.2 Å². The molecule has 1 fully saturated rings. The summed E-state index contributed by atoms with van der Waals surface area (Å²) in [5.74, 6) is -0.251. The van der Waals surface area contributed by atoms with Gasteiger partial charge in [-0.2, -0.15) is 0 Å². The number of carbonyl (C=O) groups is 1. The van der Waals surface area contributed by atoms with E-state index in [4.69, 9.17) is 5.73 Å². The van der Waals surface area contributed by atoms with Gasteiger partial charge in [-0.05, 0) is 65.5 Å². The van der Waals surface area contributed by atoms with Crippen molar-refractivity contribution in [3.8, 4) is 0 Å². The van der Waals surface area contributed by atoms with Crippen LogP contribution in [-0.4, -0.2) is 41.5 Å². The number of primary amides is 1. The minimum absolute atomic E-state index is 0.249. The summed E-state index contributed by atoms with van der Waals surface area (Å²) in [5, 5.41) is 3.35. The Morgan fingerprint density at radius 1 is 1.33 bits per heavy atom. The monoisotopic (exact) mass is 297 g/mol. The van der Waals surface area contributed by atoms with Gasteiger partial charge in [0, 0.05) is 12.1 Å². The van der Waals surface area contributed by atoms with Crippen LogP contribution < -0.4 is 11.1 Å². The van der Waals surface area contributed by atoms with Gasteiger partial charge in [0.1, 0.15) is 0 Å². The van der Waals surface area contributed by atoms with E-state index in [0.717, 1.165) is 19.5 Å². The highest BCUT2D eigenvalue weighted by Gasteiger charge is 2.36. The molecule has 2 unspecified atom stereocenters. The van der Waals surface area contributed by atoms with Gasteiger partial charge >= 0.3 is 0 Å². The first-order valence-electron chi connectivity index (χ1n) is 8.43. The molecule has 3 N–H and O–H groups in total. The predicted molar refractivity (Wildman–Crippen MR) is 89.2 cm³/mol. The number of hydrogen-bond donors (Lipinski definition) is 2. The van der Waals surface area contributed by atoms with Gasteiger partial charge in [-0.25, -0.2) is 0 Å². The number of nitrogens with two attached hydrogens (primary N) is 1. The molecular weight excluding hydrogens is 262 g/mol. The third-order valence-electron chi connectivity index (χ3n) is 5.34. The van der Waals surface area contributed by atoms with E-state index >= 15 is 0 Å². The number of nitrogens with one attached hydrogen (secondary N) is 1. The highest BCUT2D eigenvalue weighted by Crippen LogP contribution is 2.35. The Morgan fingerprint density at radius 3 is 2.24 bits per heavy atom. The zero-order valence-corrected chi connectivity index (χ0v) is 14.8. The predicted octanol–water partition coefficient (Wildman–Crippen LogP) is 2.52. The first-order valence-corrected chi connectivity index (χ1v) is 8.43. The summed E-state index contributed by atoms with van der Waals surface area (Å²) in [6.45, 7) is 15.2. The van der Waals surface area contributed by atoms with E-state index in [9.17, 15) is 4.79 Å². The summed E-state index contributed by atoms with van der Waals surface area (Å²) in [6, 6.07) is 0.620. The molecule has 1 rings (SSSR count). The summed E-state index contributed by atoms with van der Waals surface area (Å²) in [5.41, 5.74) is 5.52. The summed E-state index contributed by atoms with van der Waals surface area (Å²) in [6.07, 6.45) is 4.52. The maximum absolute atomic E-state index is 11.9. The standard InChI is InChI=1S/C17H35N3O/c1-7-16(5)8-10-20(11-9-16)14(4)12-17(6,15(18)21)19-13(2)3/h13-14,19H,7-12H2,1-6H3,(H2,18,21). The number of piperidine rings is 1. The molecule has 21 heavy (non-hydrogen) atoms. The quantitative estimate of drug-likeness (QED) is 0.759. The van der Waals surface area contributed by atoms with Crippen LogP contribution in [0.2, 0.25) is 0 Å². The third-order valence-corrected chi connectivity index (χ3v) is 5.34. The number of amides is 1. The van der Waals surface area contributed by atoms with E-state index in [-0.39, 0.29) is 11.9 Å². The molecule has 0 bridgehead atoms. The van der Waals surface area contributed by atoms with Crippen molar-refractivity contribution in [1.82, 2.24) is 10.2 Å². The average molecular weight is 297 g/mol. The largest absolute Gasteiger partial charge is 0.368 e. The second-order valence-corrected chi connectivity index (χ2v) is 7.75. The van der Waals surface area contributed by atoms with E-state index in [1.54, 1.807) is 0 Å². The van der Waals surface area contributed by atoms with Crippen molar-refractivity contribution in [2.45, 2.75) is 84.8 Å². The lowest BCUT2D eigenvalue weighted by Crippen LogP contribution is -2.58. The molecule has 0 aromatic carbocycles. The van der Waals surface area contributed by atoms with E-state index in [1.807, 2.05) is 6.92 Å². The number of likely N-dealkylation sites (tertiary alicyclic amines) is 1. The van der Waals surface area contributed by atoms with Gasteiger partial charge in [-0.15, -0.1) is 0 Å². The zero-order chi connectivity index (χ0) is 16.3. The van der Waals surface area contributed by atoms with Crippen molar-refractivity contribution >= 4 is 5.91 Å². The number of carbonyl (C=O) groups excluding carboxylic acids is 1.